The maximum Gasteiger partial charge on any atom is 0.301 e. The van der Waals surface area contributed by atoms with Crippen molar-refractivity contribution in [3.8, 4) is 11.5 Å². The lowest BCUT2D eigenvalue weighted by Crippen LogP contribution is -2.53. The molecule has 2 saturated heterocycles. The normalized spacial score (nSPS) is 24.4. The van der Waals surface area contributed by atoms with Crippen molar-refractivity contribution in [3.05, 3.63) is 130 Å². The first-order valence-electron chi connectivity index (χ1n) is 18.8. The third-order valence-electron chi connectivity index (χ3n) is 12.3. The number of hydrogen-bond acceptors (Lipinski definition) is 12. The van der Waals surface area contributed by atoms with Crippen molar-refractivity contribution in [2.24, 2.45) is 23.7 Å². The number of aromatic hydroxyl groups is 1. The molecule has 4 aromatic carbocycles. The van der Waals surface area contributed by atoms with E-state index in [0.29, 0.717) is 26.9 Å². The van der Waals surface area contributed by atoms with Crippen LogP contribution >= 0.6 is 31.9 Å². The van der Waals surface area contributed by atoms with Gasteiger partial charge in [0.2, 0.25) is 11.8 Å². The zero-order valence-electron chi connectivity index (χ0n) is 32.4. The summed E-state index contributed by atoms with van der Waals surface area (Å²) in [6, 6.07) is 19.6. The molecule has 0 bridgehead atoms. The molecule has 2 heterocycles. The minimum absolute atomic E-state index is 0.00501. The predicted octanol–water partition coefficient (Wildman–Crippen LogP) is 7.31. The summed E-state index contributed by atoms with van der Waals surface area (Å²) in [7, 11) is 4.19. The minimum Gasteiger partial charge on any atom is -0.503 e. The van der Waals surface area contributed by atoms with E-state index in [9.17, 15) is 34.9 Å². The number of rotatable bonds is 9. The number of carbonyl (C=O) groups excluding carboxylic acids is 4. The minimum atomic E-state index is -1.65. The van der Waals surface area contributed by atoms with Crippen molar-refractivity contribution in [1.82, 2.24) is 5.01 Å². The Bertz CT molecular complexity index is 2550. The van der Waals surface area contributed by atoms with Crippen LogP contribution in [0.3, 0.4) is 0 Å². The highest BCUT2D eigenvalue weighted by atomic mass is 79.9. The van der Waals surface area contributed by atoms with E-state index in [1.807, 2.05) is 25.1 Å². The average molecular weight is 945 g/mol. The van der Waals surface area contributed by atoms with Crippen LogP contribution in [0.25, 0.3) is 0 Å². The summed E-state index contributed by atoms with van der Waals surface area (Å²) in [6.45, 7) is 1.90. The van der Waals surface area contributed by atoms with Crippen molar-refractivity contribution in [2.75, 3.05) is 36.4 Å². The number of nitrogens with one attached hydrogen (secondary N) is 1. The van der Waals surface area contributed by atoms with Gasteiger partial charge in [-0.3, -0.25) is 44.8 Å². The molecule has 8 rings (SSSR count). The van der Waals surface area contributed by atoms with Crippen molar-refractivity contribution >= 4 is 83.9 Å². The first-order valence-corrected chi connectivity index (χ1v) is 20.4. The number of anilines is 3. The molecule has 6 unspecified atom stereocenters. The maximum atomic E-state index is 15.5. The van der Waals surface area contributed by atoms with Gasteiger partial charge in [0.25, 0.3) is 11.8 Å². The maximum absolute atomic E-state index is 15.5. The van der Waals surface area contributed by atoms with Gasteiger partial charge in [0.15, 0.2) is 17.2 Å². The first kappa shape index (κ1) is 40.6. The number of hydrazine groups is 1. The monoisotopic (exact) mass is 942 g/mol. The largest absolute Gasteiger partial charge is 0.503 e. The van der Waals surface area contributed by atoms with Crippen LogP contribution in [0, 0.1) is 50.8 Å². The Kier molecular flexibility index (Phi) is 10.1. The number of hydrogen-bond donors (Lipinski definition) is 2. The van der Waals surface area contributed by atoms with Crippen LogP contribution in [-0.2, 0) is 24.6 Å². The van der Waals surface area contributed by atoms with Gasteiger partial charge >= 0.3 is 11.4 Å². The number of nitro groups is 2. The summed E-state index contributed by atoms with van der Waals surface area (Å²) in [5, 5.41) is 36.7. The van der Waals surface area contributed by atoms with E-state index >= 15 is 9.59 Å². The van der Waals surface area contributed by atoms with Gasteiger partial charge < -0.3 is 14.7 Å². The molecule has 4 aromatic rings. The first-order chi connectivity index (χ1) is 28.5. The van der Waals surface area contributed by atoms with Crippen LogP contribution in [0.5, 0.6) is 11.5 Å². The van der Waals surface area contributed by atoms with E-state index in [-0.39, 0.29) is 40.2 Å². The molecular formula is C42H36Br2N6O10. The Labute approximate surface area is 359 Å². The molecule has 1 saturated carbocycles. The number of aryl methyl sites for hydroxylation is 1. The fourth-order valence-electron chi connectivity index (χ4n) is 9.78. The molecule has 0 radical (unpaired) electrons. The van der Waals surface area contributed by atoms with Gasteiger partial charge in [-0.15, -0.1) is 0 Å². The van der Waals surface area contributed by atoms with Crippen molar-refractivity contribution < 1.29 is 38.9 Å². The fraction of sp³-hybridized carbons (Fsp3) is 0.286. The summed E-state index contributed by atoms with van der Waals surface area (Å²) in [4.78, 5) is 84.8. The zero-order valence-corrected chi connectivity index (χ0v) is 35.6. The van der Waals surface area contributed by atoms with E-state index in [1.54, 1.807) is 48.5 Å². The van der Waals surface area contributed by atoms with E-state index in [2.05, 4.69) is 37.3 Å². The summed E-state index contributed by atoms with van der Waals surface area (Å²) in [6.07, 6.45) is 1.76. The van der Waals surface area contributed by atoms with E-state index in [1.165, 1.54) is 26.1 Å². The Hall–Kier alpha value is -6.14. The highest BCUT2D eigenvalue weighted by Gasteiger charge is 2.70. The van der Waals surface area contributed by atoms with Gasteiger partial charge in [0, 0.05) is 36.6 Å². The quantitative estimate of drug-likeness (QED) is 0.0734. The van der Waals surface area contributed by atoms with Crippen molar-refractivity contribution in [1.29, 1.82) is 0 Å². The molecule has 0 spiro atoms. The van der Waals surface area contributed by atoms with Gasteiger partial charge in [0.1, 0.15) is 0 Å². The molecule has 60 heavy (non-hydrogen) atoms. The van der Waals surface area contributed by atoms with E-state index in [4.69, 9.17) is 4.74 Å². The summed E-state index contributed by atoms with van der Waals surface area (Å²) in [5.74, 6) is -7.86. The number of nitro benzene ring substituents is 2. The van der Waals surface area contributed by atoms with Crippen LogP contribution in [0.4, 0.5) is 28.4 Å². The van der Waals surface area contributed by atoms with Gasteiger partial charge in [-0.2, -0.15) is 5.01 Å². The van der Waals surface area contributed by atoms with E-state index in [0.717, 1.165) is 27.6 Å². The third-order valence-corrected chi connectivity index (χ3v) is 14.4. The smallest absolute Gasteiger partial charge is 0.301 e. The zero-order chi connectivity index (χ0) is 43.1. The molecule has 6 atom stereocenters. The lowest BCUT2D eigenvalue weighted by molar-refractivity contribution is -0.392. The van der Waals surface area contributed by atoms with Gasteiger partial charge in [0.05, 0.1) is 56.0 Å². The number of phenols is 1. The molecule has 2 aliphatic carbocycles. The molecular weight excluding hydrogens is 908 g/mol. The number of methoxy groups -OCH3 is 1. The molecule has 18 heteroatoms. The molecule has 4 aliphatic rings. The standard InChI is InChI=1S/C42H36Br2N6O10/c1-20-10-12-22(13-11-20)45-48-39(53)28-18-26-24(33(27-19-31(60-4)37(51)35(44)34(27)43)42(28,41(48)55)21-8-6-5-7-9-21)14-15-25-32(26)40(54)47(38(25)52)23-16-29(49(56)57)36(46(2)3)30(17-23)50(58)59/h5-14,16-17,19,25-26,28,32-33,45,51H,15,18H2,1-4H3. The number of fused-ring (bicyclic) bond motifs is 4. The molecule has 308 valence electrons. The number of amides is 4. The van der Waals surface area contributed by atoms with Gasteiger partial charge in [-0.1, -0.05) is 59.7 Å². The lowest BCUT2D eigenvalue weighted by atomic mass is 9.49. The number of imide groups is 2. The Morgan fingerprint density at radius 1 is 0.883 bits per heavy atom. The summed E-state index contributed by atoms with van der Waals surface area (Å²) in [5.41, 5.74) is 2.39. The predicted molar refractivity (Wildman–Crippen MR) is 225 cm³/mol. The van der Waals surface area contributed by atoms with Crippen LogP contribution < -0.4 is 20.0 Å². The van der Waals surface area contributed by atoms with Gasteiger partial charge in [-0.25, -0.2) is 4.90 Å². The molecule has 0 aromatic heterocycles. The van der Waals surface area contributed by atoms with Crippen LogP contribution in [0.1, 0.15) is 35.4 Å². The number of phenolic OH excluding ortho intramolecular Hbond substituents is 1. The molecule has 4 amide bonds. The highest BCUT2D eigenvalue weighted by molar-refractivity contribution is 9.13. The number of benzene rings is 4. The Balaban J connectivity index is 1.34. The number of nitrogens with zero attached hydrogens (tertiary/aromatic N) is 5. The second kappa shape index (κ2) is 14.8. The van der Waals surface area contributed by atoms with Crippen LogP contribution in [0.2, 0.25) is 0 Å². The van der Waals surface area contributed by atoms with Crippen molar-refractivity contribution in [3.63, 3.8) is 0 Å². The molecule has 3 fully saturated rings. The SMILES string of the molecule is COc1cc(C2C3=CCC4C(=O)N(c5cc([N+](=O)[O-])c(N(C)C)c([N+](=O)[O-])c5)C(=O)C4C3CC3C(=O)N(Nc4ccc(C)cc4)C(=O)C32c2ccccc2)c(Br)c(Br)c1O. The second-order valence-electron chi connectivity index (χ2n) is 15.5. The molecule has 2 N–H and O–H groups in total. The topological polar surface area (TPSA) is 206 Å². The number of ether oxygens (including phenoxy) is 1. The van der Waals surface area contributed by atoms with Gasteiger partial charge in [-0.05, 0) is 86.9 Å². The summed E-state index contributed by atoms with van der Waals surface area (Å²) < 4.78 is 6.16. The number of carbonyl (C=O) groups is 4. The van der Waals surface area contributed by atoms with Crippen LogP contribution in [-0.4, -0.2) is 64.8 Å². The summed E-state index contributed by atoms with van der Waals surface area (Å²) >= 11 is 7.14. The van der Waals surface area contributed by atoms with Crippen LogP contribution in [0.15, 0.2) is 93.4 Å². The number of halogens is 2. The molecule has 2 aliphatic heterocycles. The average Bonchev–Trinajstić information content (AvgIpc) is 3.61. The third kappa shape index (κ3) is 5.89. The second-order valence-corrected chi connectivity index (χ2v) is 17.1. The van der Waals surface area contributed by atoms with Crippen molar-refractivity contribution in [2.45, 2.75) is 31.1 Å². The number of allylic oxidation sites excluding steroid dienone is 2. The van der Waals surface area contributed by atoms with E-state index < -0.39 is 79.9 Å². The fourth-order valence-corrected chi connectivity index (χ4v) is 10.7. The lowest BCUT2D eigenvalue weighted by Gasteiger charge is -2.51. The Morgan fingerprint density at radius 3 is 2.10 bits per heavy atom. The Morgan fingerprint density at radius 2 is 1.52 bits per heavy atom. The molecule has 16 nitrogen and oxygen atoms in total. The highest BCUT2D eigenvalue weighted by Crippen LogP contribution is 2.66.